The van der Waals surface area contributed by atoms with E-state index in [1.54, 1.807) is 45.9 Å². The van der Waals surface area contributed by atoms with E-state index in [4.69, 9.17) is 32.7 Å². The third-order valence-corrected chi connectivity index (χ3v) is 6.52. The summed E-state index contributed by atoms with van der Waals surface area (Å²) >= 11 is 11.4. The lowest BCUT2D eigenvalue weighted by Crippen LogP contribution is -2.08. The first kappa shape index (κ1) is 22.9. The summed E-state index contributed by atoms with van der Waals surface area (Å²) in [6, 6.07) is 14.1. The van der Waals surface area contributed by atoms with Crippen LogP contribution in [0.4, 0.5) is 0 Å². The molecule has 2 aromatic carbocycles. The topological polar surface area (TPSA) is 52.6 Å². The van der Waals surface area contributed by atoms with Crippen molar-refractivity contribution in [2.45, 2.75) is 11.8 Å². The first-order valence-corrected chi connectivity index (χ1v) is 12.1. The molecule has 0 N–H and O–H groups in total. The molecule has 150 valence electrons. The number of benzene rings is 2. The minimum atomic E-state index is -0.346. The van der Waals surface area contributed by atoms with E-state index in [-0.39, 0.29) is 11.9 Å². The normalized spacial score (nSPS) is 10.5. The maximum Gasteiger partial charge on any atom is 0.338 e. The molecule has 0 atom stereocenters. The highest BCUT2D eigenvalue weighted by molar-refractivity contribution is 8.76. The summed E-state index contributed by atoms with van der Waals surface area (Å²) in [4.78, 5) is 23.8. The van der Waals surface area contributed by atoms with Crippen molar-refractivity contribution >= 4 is 56.7 Å². The molecule has 0 aliphatic carbocycles. The van der Waals surface area contributed by atoms with Crippen LogP contribution < -0.4 is 0 Å². The molecule has 0 bridgehead atoms. The van der Waals surface area contributed by atoms with E-state index in [1.165, 1.54) is 0 Å². The Bertz CT molecular complexity index is 686. The van der Waals surface area contributed by atoms with Crippen molar-refractivity contribution in [1.82, 2.24) is 0 Å². The van der Waals surface area contributed by atoms with Crippen molar-refractivity contribution in [2.75, 3.05) is 24.7 Å². The molecule has 0 aliphatic rings. The van der Waals surface area contributed by atoms with Crippen molar-refractivity contribution in [3.8, 4) is 0 Å². The van der Waals surface area contributed by atoms with Crippen LogP contribution in [-0.2, 0) is 21.2 Å². The van der Waals surface area contributed by atoms with Crippen LogP contribution in [-0.4, -0.2) is 36.7 Å². The highest BCUT2D eigenvalue weighted by Crippen LogP contribution is 2.20. The Morgan fingerprint density at radius 1 is 0.679 bits per heavy atom. The maximum absolute atomic E-state index is 11.9. The summed E-state index contributed by atoms with van der Waals surface area (Å²) in [5, 5.41) is 0. The van der Waals surface area contributed by atoms with Gasteiger partial charge >= 0.3 is 11.9 Å². The summed E-state index contributed by atoms with van der Waals surface area (Å²) < 4.78 is 10.4. The fraction of sp³-hybridized carbons (Fsp3) is 0.300. The van der Waals surface area contributed by atoms with Gasteiger partial charge in [0.1, 0.15) is 13.2 Å². The quantitative estimate of drug-likeness (QED) is 0.190. The fourth-order valence-electron chi connectivity index (χ4n) is 2.08. The number of alkyl halides is 2. The van der Waals surface area contributed by atoms with E-state index in [9.17, 15) is 9.59 Å². The van der Waals surface area contributed by atoms with Gasteiger partial charge in [-0.3, -0.25) is 0 Å². The Labute approximate surface area is 182 Å². The van der Waals surface area contributed by atoms with Crippen molar-refractivity contribution in [2.24, 2.45) is 0 Å². The van der Waals surface area contributed by atoms with Gasteiger partial charge < -0.3 is 9.47 Å². The second-order valence-corrected chi connectivity index (χ2v) is 8.81. The third kappa shape index (κ3) is 7.95. The van der Waals surface area contributed by atoms with Gasteiger partial charge in [0.05, 0.1) is 11.1 Å². The molecule has 8 heteroatoms. The second kappa shape index (κ2) is 13.0. The third-order valence-electron chi connectivity index (χ3n) is 3.57. The smallest absolute Gasteiger partial charge is 0.338 e. The van der Waals surface area contributed by atoms with Gasteiger partial charge in [0.2, 0.25) is 0 Å². The molecule has 0 fully saturated rings. The van der Waals surface area contributed by atoms with E-state index in [0.29, 0.717) is 47.6 Å². The molecule has 0 radical (unpaired) electrons. The van der Waals surface area contributed by atoms with Crippen LogP contribution >= 0.6 is 44.8 Å². The van der Waals surface area contributed by atoms with Gasteiger partial charge in [-0.25, -0.2) is 9.59 Å². The molecule has 4 nitrogen and oxygen atoms in total. The predicted molar refractivity (Wildman–Crippen MR) is 117 cm³/mol. The maximum atomic E-state index is 11.9. The molecule has 2 aromatic rings. The minimum Gasteiger partial charge on any atom is -0.461 e. The van der Waals surface area contributed by atoms with Crippen LogP contribution in [0.2, 0.25) is 0 Å². The lowest BCUT2D eigenvalue weighted by atomic mass is 10.1. The lowest BCUT2D eigenvalue weighted by Gasteiger charge is -2.06. The molecule has 2 rings (SSSR count). The summed E-state index contributed by atoms with van der Waals surface area (Å²) in [7, 11) is 3.13. The predicted octanol–water partition coefficient (Wildman–Crippen LogP) is 5.56. The van der Waals surface area contributed by atoms with Gasteiger partial charge in [-0.15, -0.1) is 23.2 Å². The SMILES string of the molecule is O=C(OCCSSCCOC(=O)c1ccc(CCl)cc1)c1ccc(CCl)cc1. The van der Waals surface area contributed by atoms with Gasteiger partial charge in [0.15, 0.2) is 0 Å². The molecule has 0 aliphatic heterocycles. The molecule has 0 unspecified atom stereocenters. The number of halogens is 2. The summed E-state index contributed by atoms with van der Waals surface area (Å²) in [5.41, 5.74) is 2.94. The number of carbonyl (C=O) groups is 2. The van der Waals surface area contributed by atoms with Gasteiger partial charge in [-0.05, 0) is 35.4 Å². The number of esters is 2. The molecule has 0 saturated carbocycles. The molecule has 0 saturated heterocycles. The van der Waals surface area contributed by atoms with E-state index < -0.39 is 0 Å². The van der Waals surface area contributed by atoms with Crippen LogP contribution in [0.25, 0.3) is 0 Å². The Kier molecular flexibility index (Phi) is 10.6. The van der Waals surface area contributed by atoms with Gasteiger partial charge in [0.25, 0.3) is 0 Å². The largest absolute Gasteiger partial charge is 0.461 e. The molecule has 0 amide bonds. The Morgan fingerprint density at radius 3 is 1.36 bits per heavy atom. The Morgan fingerprint density at radius 2 is 1.04 bits per heavy atom. The van der Waals surface area contributed by atoms with Crippen LogP contribution in [0.15, 0.2) is 48.5 Å². The average molecular weight is 459 g/mol. The first-order chi connectivity index (χ1) is 13.6. The molecular formula is C20H20Cl2O4S2. The number of hydrogen-bond acceptors (Lipinski definition) is 6. The summed E-state index contributed by atoms with van der Waals surface area (Å²) in [6.45, 7) is 0.640. The zero-order valence-electron chi connectivity index (χ0n) is 15.1. The summed E-state index contributed by atoms with van der Waals surface area (Å²) in [5.74, 6) is 1.45. The number of hydrogen-bond donors (Lipinski definition) is 0. The zero-order valence-corrected chi connectivity index (χ0v) is 18.2. The Hall–Kier alpha value is -1.34. The minimum absolute atomic E-state index is 0.320. The van der Waals surface area contributed by atoms with Crippen LogP contribution in [0.3, 0.4) is 0 Å². The van der Waals surface area contributed by atoms with E-state index in [1.807, 2.05) is 24.3 Å². The van der Waals surface area contributed by atoms with Crippen molar-refractivity contribution in [3.05, 3.63) is 70.8 Å². The first-order valence-electron chi connectivity index (χ1n) is 8.52. The van der Waals surface area contributed by atoms with Gasteiger partial charge in [-0.2, -0.15) is 0 Å². The molecule has 0 heterocycles. The lowest BCUT2D eigenvalue weighted by molar-refractivity contribution is 0.0520. The average Bonchev–Trinajstić information content (AvgIpc) is 2.75. The van der Waals surface area contributed by atoms with E-state index >= 15 is 0 Å². The number of rotatable bonds is 11. The number of carbonyl (C=O) groups excluding carboxylic acids is 2. The summed E-state index contributed by atoms with van der Waals surface area (Å²) in [6.07, 6.45) is 0. The number of ether oxygens (including phenoxy) is 2. The standard InChI is InChI=1S/C20H20Cl2O4S2/c21-13-15-1-5-17(6-2-15)19(23)25-9-11-27-28-12-10-26-20(24)18-7-3-16(14-22)4-8-18/h1-8H,9-14H2. The Balaban J connectivity index is 1.53. The van der Waals surface area contributed by atoms with Crippen molar-refractivity contribution in [1.29, 1.82) is 0 Å². The monoisotopic (exact) mass is 458 g/mol. The fourth-order valence-corrected chi connectivity index (χ4v) is 4.09. The van der Waals surface area contributed by atoms with Crippen LogP contribution in [0.5, 0.6) is 0 Å². The molecular weight excluding hydrogens is 439 g/mol. The zero-order chi connectivity index (χ0) is 20.2. The highest BCUT2D eigenvalue weighted by Gasteiger charge is 2.08. The van der Waals surface area contributed by atoms with Gasteiger partial charge in [0, 0.05) is 23.3 Å². The van der Waals surface area contributed by atoms with Crippen LogP contribution in [0, 0.1) is 0 Å². The molecule has 28 heavy (non-hydrogen) atoms. The second-order valence-electron chi connectivity index (χ2n) is 5.58. The van der Waals surface area contributed by atoms with Crippen molar-refractivity contribution in [3.63, 3.8) is 0 Å². The molecule has 0 aromatic heterocycles. The van der Waals surface area contributed by atoms with Crippen LogP contribution in [0.1, 0.15) is 31.8 Å². The van der Waals surface area contributed by atoms with Gasteiger partial charge in [-0.1, -0.05) is 45.9 Å². The van der Waals surface area contributed by atoms with E-state index in [0.717, 1.165) is 11.1 Å². The van der Waals surface area contributed by atoms with Crippen molar-refractivity contribution < 1.29 is 19.1 Å². The molecule has 0 spiro atoms. The van der Waals surface area contributed by atoms with E-state index in [2.05, 4.69) is 0 Å². The highest BCUT2D eigenvalue weighted by atomic mass is 35.5.